The Morgan fingerprint density at radius 1 is 0.717 bits per heavy atom. The van der Waals surface area contributed by atoms with E-state index in [4.69, 9.17) is 25.8 Å². The van der Waals surface area contributed by atoms with E-state index in [1.54, 1.807) is 61.5 Å². The summed E-state index contributed by atoms with van der Waals surface area (Å²) in [5.41, 5.74) is 1.49. The highest BCUT2D eigenvalue weighted by atomic mass is 35.5. The van der Waals surface area contributed by atoms with Gasteiger partial charge < -0.3 is 35.5 Å². The van der Waals surface area contributed by atoms with E-state index < -0.39 is 35.7 Å². The molecule has 2 atom stereocenters. The van der Waals surface area contributed by atoms with E-state index in [0.29, 0.717) is 40.0 Å². The Labute approximate surface area is 274 Å². The number of halogens is 1. The second-order valence-corrected chi connectivity index (χ2v) is 11.4. The SMILES string of the molecule is CCC(NC(=O)[C@H](CC(C)C)NC(=O)NCc1ccc(Oc2ccc(Cl)cc2)cc1)C(=O)C(=O)NCc1cc(OC)cc(OC)c1. The van der Waals surface area contributed by atoms with Crippen molar-refractivity contribution < 1.29 is 33.4 Å². The molecule has 1 unspecified atom stereocenters. The maximum atomic E-state index is 13.2. The summed E-state index contributed by atoms with van der Waals surface area (Å²) >= 11 is 5.91. The van der Waals surface area contributed by atoms with Crippen LogP contribution >= 0.6 is 11.6 Å². The first-order valence-corrected chi connectivity index (χ1v) is 15.3. The third-order valence-corrected chi connectivity index (χ3v) is 7.14. The lowest BCUT2D eigenvalue weighted by atomic mass is 10.0. The zero-order valence-corrected chi connectivity index (χ0v) is 27.4. The van der Waals surface area contributed by atoms with Crippen LogP contribution in [0.5, 0.6) is 23.0 Å². The van der Waals surface area contributed by atoms with Crippen LogP contribution in [-0.4, -0.2) is 49.9 Å². The van der Waals surface area contributed by atoms with Gasteiger partial charge in [0, 0.05) is 24.2 Å². The fourth-order valence-electron chi connectivity index (χ4n) is 4.43. The van der Waals surface area contributed by atoms with Crippen LogP contribution in [0.3, 0.4) is 0 Å². The molecular formula is C34H41ClN4O7. The van der Waals surface area contributed by atoms with Crippen molar-refractivity contribution >= 4 is 35.2 Å². The highest BCUT2D eigenvalue weighted by Gasteiger charge is 2.29. The Bertz CT molecular complexity index is 1460. The fraction of sp³-hybridized carbons (Fsp3) is 0.353. The van der Waals surface area contributed by atoms with Gasteiger partial charge in [-0.3, -0.25) is 14.4 Å². The fourth-order valence-corrected chi connectivity index (χ4v) is 4.56. The van der Waals surface area contributed by atoms with Crippen molar-refractivity contribution in [3.63, 3.8) is 0 Å². The molecule has 0 aliphatic heterocycles. The Morgan fingerprint density at radius 3 is 1.83 bits per heavy atom. The number of benzene rings is 3. The zero-order valence-electron chi connectivity index (χ0n) is 26.6. The average Bonchev–Trinajstić information content (AvgIpc) is 3.05. The minimum absolute atomic E-state index is 0.0539. The monoisotopic (exact) mass is 652 g/mol. The predicted octanol–water partition coefficient (Wildman–Crippen LogP) is 5.14. The van der Waals surface area contributed by atoms with Crippen LogP contribution in [0.4, 0.5) is 4.79 Å². The topological polar surface area (TPSA) is 144 Å². The van der Waals surface area contributed by atoms with Crippen molar-refractivity contribution in [1.82, 2.24) is 21.3 Å². The summed E-state index contributed by atoms with van der Waals surface area (Å²) in [4.78, 5) is 51.7. The summed E-state index contributed by atoms with van der Waals surface area (Å²) in [6.45, 7) is 5.78. The van der Waals surface area contributed by atoms with Crippen molar-refractivity contribution in [3.8, 4) is 23.0 Å². The van der Waals surface area contributed by atoms with E-state index in [2.05, 4.69) is 21.3 Å². The third-order valence-electron chi connectivity index (χ3n) is 6.88. The summed E-state index contributed by atoms with van der Waals surface area (Å²) in [6, 6.07) is 16.8. The Kier molecular flexibility index (Phi) is 13.7. The van der Waals surface area contributed by atoms with Gasteiger partial charge in [0.2, 0.25) is 11.7 Å². The molecule has 0 saturated heterocycles. The quantitative estimate of drug-likeness (QED) is 0.157. The van der Waals surface area contributed by atoms with Gasteiger partial charge in [0.1, 0.15) is 29.0 Å². The van der Waals surface area contributed by atoms with Crippen LogP contribution in [0, 0.1) is 5.92 Å². The molecule has 3 aromatic carbocycles. The van der Waals surface area contributed by atoms with Crippen molar-refractivity contribution in [2.24, 2.45) is 5.92 Å². The van der Waals surface area contributed by atoms with Crippen LogP contribution in [0.2, 0.25) is 5.02 Å². The number of ether oxygens (including phenoxy) is 3. The minimum Gasteiger partial charge on any atom is -0.497 e. The largest absolute Gasteiger partial charge is 0.497 e. The van der Waals surface area contributed by atoms with Gasteiger partial charge >= 0.3 is 6.03 Å². The Hall–Kier alpha value is -4.77. The van der Waals surface area contributed by atoms with Crippen LogP contribution in [0.25, 0.3) is 0 Å². The molecule has 12 heteroatoms. The summed E-state index contributed by atoms with van der Waals surface area (Å²) in [5, 5.41) is 11.3. The number of Topliss-reactive ketones (excluding diaryl/α,β-unsaturated/α-hetero) is 1. The number of nitrogens with one attached hydrogen (secondary N) is 4. The first-order valence-electron chi connectivity index (χ1n) is 14.9. The standard InChI is InChI=1S/C34H41ClN4O7/c1-6-29(31(40)33(42)36-20-23-16-27(44-4)18-28(17-23)45-5)38-32(41)30(15-21(2)3)39-34(43)37-19-22-7-11-25(12-8-22)46-26-13-9-24(35)10-14-26/h7-14,16-18,21,29-30H,6,15,19-20H2,1-5H3,(H,36,42)(H,38,41)(H2,37,39,43)/t29?,30-/m0/s1. The summed E-state index contributed by atoms with van der Waals surface area (Å²) in [5.74, 6) is 0.218. The van der Waals surface area contributed by atoms with Crippen LogP contribution < -0.4 is 35.5 Å². The number of ketones is 1. The molecule has 0 saturated carbocycles. The molecule has 0 spiro atoms. The van der Waals surface area contributed by atoms with Gasteiger partial charge in [-0.15, -0.1) is 0 Å². The summed E-state index contributed by atoms with van der Waals surface area (Å²) in [6.07, 6.45) is 0.508. The Balaban J connectivity index is 1.53. The minimum atomic E-state index is -1.07. The highest BCUT2D eigenvalue weighted by Crippen LogP contribution is 2.24. The van der Waals surface area contributed by atoms with Gasteiger partial charge in [0.25, 0.3) is 5.91 Å². The van der Waals surface area contributed by atoms with E-state index in [1.165, 1.54) is 14.2 Å². The molecule has 246 valence electrons. The molecule has 0 radical (unpaired) electrons. The van der Waals surface area contributed by atoms with Gasteiger partial charge in [-0.25, -0.2) is 4.79 Å². The second kappa shape index (κ2) is 17.6. The normalized spacial score (nSPS) is 12.0. The molecule has 3 rings (SSSR count). The van der Waals surface area contributed by atoms with Crippen molar-refractivity contribution in [2.75, 3.05) is 14.2 Å². The lowest BCUT2D eigenvalue weighted by molar-refractivity contribution is -0.140. The lowest BCUT2D eigenvalue weighted by Gasteiger charge is -2.23. The molecular weight excluding hydrogens is 612 g/mol. The molecule has 46 heavy (non-hydrogen) atoms. The number of carbonyl (C=O) groups excluding carboxylic acids is 4. The molecule has 4 N–H and O–H groups in total. The van der Waals surface area contributed by atoms with E-state index in [1.807, 2.05) is 26.0 Å². The number of hydrogen-bond acceptors (Lipinski definition) is 7. The Morgan fingerprint density at radius 2 is 1.28 bits per heavy atom. The van der Waals surface area contributed by atoms with Crippen molar-refractivity contribution in [3.05, 3.63) is 82.9 Å². The molecule has 0 aromatic heterocycles. The lowest BCUT2D eigenvalue weighted by Crippen LogP contribution is -2.55. The predicted molar refractivity (Wildman–Crippen MR) is 175 cm³/mol. The number of methoxy groups -OCH3 is 2. The molecule has 4 amide bonds. The summed E-state index contributed by atoms with van der Waals surface area (Å²) < 4.78 is 16.3. The average molecular weight is 653 g/mol. The molecule has 0 fully saturated rings. The van der Waals surface area contributed by atoms with Gasteiger partial charge in [0.15, 0.2) is 0 Å². The molecule has 0 aliphatic carbocycles. The van der Waals surface area contributed by atoms with E-state index in [-0.39, 0.29) is 25.4 Å². The number of urea groups is 1. The van der Waals surface area contributed by atoms with Crippen molar-refractivity contribution in [2.45, 2.75) is 58.8 Å². The van der Waals surface area contributed by atoms with Gasteiger partial charge in [-0.1, -0.05) is 44.5 Å². The number of hydrogen-bond donors (Lipinski definition) is 4. The maximum absolute atomic E-state index is 13.2. The number of carbonyl (C=O) groups is 4. The first-order chi connectivity index (χ1) is 22.0. The van der Waals surface area contributed by atoms with Gasteiger partial charge in [0.05, 0.1) is 20.3 Å². The van der Waals surface area contributed by atoms with Crippen LogP contribution in [0.15, 0.2) is 66.7 Å². The molecule has 0 heterocycles. The zero-order chi connectivity index (χ0) is 33.6. The molecule has 3 aromatic rings. The molecule has 11 nitrogen and oxygen atoms in total. The van der Waals surface area contributed by atoms with E-state index in [0.717, 1.165) is 5.56 Å². The number of amides is 4. The van der Waals surface area contributed by atoms with Gasteiger partial charge in [-0.2, -0.15) is 0 Å². The maximum Gasteiger partial charge on any atom is 0.315 e. The highest BCUT2D eigenvalue weighted by molar-refractivity contribution is 6.38. The van der Waals surface area contributed by atoms with E-state index >= 15 is 0 Å². The van der Waals surface area contributed by atoms with Crippen molar-refractivity contribution in [1.29, 1.82) is 0 Å². The molecule has 0 bridgehead atoms. The third kappa shape index (κ3) is 11.3. The van der Waals surface area contributed by atoms with Crippen LogP contribution in [-0.2, 0) is 27.5 Å². The summed E-state index contributed by atoms with van der Waals surface area (Å²) in [7, 11) is 3.03. The van der Waals surface area contributed by atoms with Crippen LogP contribution in [0.1, 0.15) is 44.7 Å². The molecule has 0 aliphatic rings. The first kappa shape index (κ1) is 35.7. The number of rotatable bonds is 16. The van der Waals surface area contributed by atoms with Gasteiger partial charge in [-0.05, 0) is 78.4 Å². The second-order valence-electron chi connectivity index (χ2n) is 10.9. The van der Waals surface area contributed by atoms with E-state index in [9.17, 15) is 19.2 Å². The smallest absolute Gasteiger partial charge is 0.315 e.